The number of ether oxygens (including phenoxy) is 1. The molecule has 2 heterocycles. The summed E-state index contributed by atoms with van der Waals surface area (Å²) in [7, 11) is 1.27. The molecule has 0 radical (unpaired) electrons. The molecule has 3 rings (SSSR count). The second-order valence-corrected chi connectivity index (χ2v) is 7.94. The van der Waals surface area contributed by atoms with E-state index in [1.807, 2.05) is 13.8 Å². The Morgan fingerprint density at radius 2 is 2.20 bits per heavy atom. The van der Waals surface area contributed by atoms with Crippen LogP contribution >= 0.6 is 11.6 Å². The van der Waals surface area contributed by atoms with Gasteiger partial charge in [0, 0.05) is 17.1 Å². The fourth-order valence-corrected chi connectivity index (χ4v) is 3.83. The fraction of sp³-hybridized carbons (Fsp3) is 0.429. The zero-order valence-corrected chi connectivity index (χ0v) is 17.9. The van der Waals surface area contributed by atoms with E-state index in [2.05, 4.69) is 24.9 Å². The van der Waals surface area contributed by atoms with Crippen LogP contribution in [0.2, 0.25) is 5.02 Å². The minimum atomic E-state index is -0.683. The Morgan fingerprint density at radius 1 is 1.43 bits per heavy atom. The molecule has 0 aliphatic carbocycles. The fourth-order valence-electron chi connectivity index (χ4n) is 3.66. The van der Waals surface area contributed by atoms with E-state index in [0.717, 1.165) is 12.8 Å². The molecule has 8 nitrogen and oxygen atoms in total. The maximum atomic E-state index is 13.2. The van der Waals surface area contributed by atoms with Gasteiger partial charge in [0.05, 0.1) is 31.6 Å². The van der Waals surface area contributed by atoms with E-state index in [-0.39, 0.29) is 17.9 Å². The predicted octanol–water partition coefficient (Wildman–Crippen LogP) is 4.32. The van der Waals surface area contributed by atoms with Gasteiger partial charge >= 0.3 is 6.09 Å². The van der Waals surface area contributed by atoms with Crippen LogP contribution in [0.15, 0.2) is 24.4 Å². The number of carbonyl (C=O) groups excluding carboxylic acids is 2. The summed E-state index contributed by atoms with van der Waals surface area (Å²) in [5, 5.41) is 3.13. The van der Waals surface area contributed by atoms with Crippen molar-refractivity contribution < 1.29 is 14.3 Å². The van der Waals surface area contributed by atoms with Gasteiger partial charge in [-0.3, -0.25) is 4.79 Å². The molecule has 1 aliphatic heterocycles. The molecule has 2 N–H and O–H groups in total. The maximum absolute atomic E-state index is 13.2. The normalized spacial score (nSPS) is 16.9. The van der Waals surface area contributed by atoms with Crippen molar-refractivity contribution in [2.45, 2.75) is 38.8 Å². The smallest absolute Gasteiger partial charge is 0.407 e. The molecule has 2 aromatic rings. The summed E-state index contributed by atoms with van der Waals surface area (Å²) >= 11 is 6.00. The number of halogens is 1. The molecule has 2 amide bonds. The van der Waals surface area contributed by atoms with Crippen LogP contribution in [0.4, 0.5) is 10.5 Å². The topological polar surface area (TPSA) is 91.7 Å². The number of amides is 2. The van der Waals surface area contributed by atoms with Crippen molar-refractivity contribution in [3.05, 3.63) is 46.7 Å². The minimum absolute atomic E-state index is 0.0969. The molecule has 0 spiro atoms. The van der Waals surface area contributed by atoms with Gasteiger partial charge in [0.1, 0.15) is 11.9 Å². The van der Waals surface area contributed by atoms with Crippen LogP contribution in [0.25, 0.3) is 16.1 Å². The number of imidazole rings is 1. The number of likely N-dealkylation sites (tertiary alicyclic amines) is 1. The highest BCUT2D eigenvalue weighted by atomic mass is 35.5. The van der Waals surface area contributed by atoms with Gasteiger partial charge in [0.15, 0.2) is 5.69 Å². The van der Waals surface area contributed by atoms with E-state index in [4.69, 9.17) is 18.2 Å². The Hall–Kier alpha value is -3.05. The Labute approximate surface area is 180 Å². The molecule has 1 aliphatic rings. The predicted molar refractivity (Wildman–Crippen MR) is 113 cm³/mol. The lowest BCUT2D eigenvalue weighted by atomic mass is 10.0. The van der Waals surface area contributed by atoms with Gasteiger partial charge in [-0.25, -0.2) is 14.6 Å². The molecule has 0 saturated carbocycles. The molecular weight excluding hydrogens is 406 g/mol. The molecule has 9 heteroatoms. The maximum Gasteiger partial charge on any atom is 0.407 e. The molecule has 1 aromatic heterocycles. The van der Waals surface area contributed by atoms with Gasteiger partial charge in [0.25, 0.3) is 0 Å². The summed E-state index contributed by atoms with van der Waals surface area (Å²) in [4.78, 5) is 37.9. The number of H-pyrrole nitrogens is 1. The number of methoxy groups -OCH3 is 1. The monoisotopic (exact) mass is 429 g/mol. The lowest BCUT2D eigenvalue weighted by Gasteiger charge is -2.30. The first-order chi connectivity index (χ1) is 14.3. The Morgan fingerprint density at radius 3 is 2.87 bits per heavy atom. The van der Waals surface area contributed by atoms with E-state index in [9.17, 15) is 9.59 Å². The van der Waals surface area contributed by atoms with Crippen LogP contribution in [0.1, 0.15) is 38.6 Å². The van der Waals surface area contributed by atoms with E-state index >= 15 is 0 Å². The first-order valence-corrected chi connectivity index (χ1v) is 10.1. The first kappa shape index (κ1) is 21.7. The van der Waals surface area contributed by atoms with Gasteiger partial charge in [-0.1, -0.05) is 31.5 Å². The van der Waals surface area contributed by atoms with Crippen LogP contribution in [-0.2, 0) is 9.53 Å². The Kier molecular flexibility index (Phi) is 6.63. The van der Waals surface area contributed by atoms with Crippen LogP contribution in [0.3, 0.4) is 0 Å². The summed E-state index contributed by atoms with van der Waals surface area (Å²) < 4.78 is 4.66. The van der Waals surface area contributed by atoms with Crippen LogP contribution in [0, 0.1) is 12.5 Å². The van der Waals surface area contributed by atoms with Crippen LogP contribution < -0.4 is 5.32 Å². The third kappa shape index (κ3) is 4.41. The van der Waals surface area contributed by atoms with Gasteiger partial charge < -0.3 is 19.9 Å². The number of hydrogen-bond donors (Lipinski definition) is 2. The van der Waals surface area contributed by atoms with Gasteiger partial charge in [-0.05, 0) is 30.9 Å². The lowest BCUT2D eigenvalue weighted by molar-refractivity contribution is -0.135. The third-order valence-electron chi connectivity index (χ3n) is 5.21. The summed E-state index contributed by atoms with van der Waals surface area (Å²) in [5.74, 6) is 0.395. The Balaban J connectivity index is 1.85. The van der Waals surface area contributed by atoms with Crippen molar-refractivity contribution in [2.24, 2.45) is 5.92 Å². The molecule has 1 saturated heterocycles. The zero-order valence-electron chi connectivity index (χ0n) is 17.1. The first-order valence-electron chi connectivity index (χ1n) is 9.73. The number of rotatable bonds is 5. The van der Waals surface area contributed by atoms with Gasteiger partial charge in [0.2, 0.25) is 5.91 Å². The number of hydrogen-bond acceptors (Lipinski definition) is 4. The third-order valence-corrected chi connectivity index (χ3v) is 5.44. The summed E-state index contributed by atoms with van der Waals surface area (Å²) in [6.07, 6.45) is 2.63. The lowest BCUT2D eigenvalue weighted by Crippen LogP contribution is -2.51. The summed E-state index contributed by atoms with van der Waals surface area (Å²) in [5.41, 5.74) is 1.83. The van der Waals surface area contributed by atoms with E-state index < -0.39 is 12.1 Å². The van der Waals surface area contributed by atoms with Crippen molar-refractivity contribution >= 4 is 29.3 Å². The second-order valence-electron chi connectivity index (χ2n) is 7.50. The van der Waals surface area contributed by atoms with E-state index in [1.165, 1.54) is 7.11 Å². The van der Waals surface area contributed by atoms with Crippen molar-refractivity contribution in [3.63, 3.8) is 0 Å². The molecule has 1 fully saturated rings. The second kappa shape index (κ2) is 9.18. The van der Waals surface area contributed by atoms with Crippen molar-refractivity contribution in [1.82, 2.24) is 20.2 Å². The largest absolute Gasteiger partial charge is 0.453 e. The summed E-state index contributed by atoms with van der Waals surface area (Å²) in [6.45, 7) is 11.7. The SMILES string of the molecule is [C-]#[N+]c1cc(Cl)ccc1-c1cnc([C@@H]2CCCN2C(=O)[C@@H](NC(=O)OC)C(C)C)[nH]1. The molecule has 0 bridgehead atoms. The van der Waals surface area contributed by atoms with Gasteiger partial charge in [-0.2, -0.15) is 0 Å². The van der Waals surface area contributed by atoms with Crippen LogP contribution in [0.5, 0.6) is 0 Å². The van der Waals surface area contributed by atoms with Crippen molar-refractivity contribution in [2.75, 3.05) is 13.7 Å². The van der Waals surface area contributed by atoms with Crippen LogP contribution in [-0.4, -0.2) is 46.6 Å². The number of carbonyl (C=O) groups is 2. The number of nitrogens with one attached hydrogen (secondary N) is 2. The molecule has 1 aromatic carbocycles. The van der Waals surface area contributed by atoms with Gasteiger partial charge in [-0.15, -0.1) is 0 Å². The number of nitrogens with zero attached hydrogens (tertiary/aromatic N) is 3. The zero-order chi connectivity index (χ0) is 21.8. The van der Waals surface area contributed by atoms with Crippen molar-refractivity contribution in [1.29, 1.82) is 0 Å². The molecule has 158 valence electrons. The van der Waals surface area contributed by atoms with E-state index in [0.29, 0.717) is 34.3 Å². The minimum Gasteiger partial charge on any atom is -0.453 e. The number of benzene rings is 1. The highest BCUT2D eigenvalue weighted by Gasteiger charge is 2.37. The number of aromatic amines is 1. The number of aromatic nitrogens is 2. The summed E-state index contributed by atoms with van der Waals surface area (Å²) in [6, 6.07) is 4.21. The quantitative estimate of drug-likeness (QED) is 0.692. The van der Waals surface area contributed by atoms with Crippen molar-refractivity contribution in [3.8, 4) is 11.3 Å². The standard InChI is InChI=1S/C21H24ClN5O3/c1-12(2)18(26-21(29)30-4)20(28)27-9-5-6-17(27)19-24-11-16(25-19)14-8-7-13(22)10-15(14)23-3/h7-8,10-12,17-18H,5-6,9H2,1-2,4H3,(H,24,25)(H,26,29)/t17-,18-/m0/s1. The van der Waals surface area contributed by atoms with E-state index in [1.54, 1.807) is 29.3 Å². The highest BCUT2D eigenvalue weighted by Crippen LogP contribution is 2.35. The molecule has 30 heavy (non-hydrogen) atoms. The molecule has 2 atom stereocenters. The number of alkyl carbamates (subject to hydrolysis) is 1. The average Bonchev–Trinajstić information content (AvgIpc) is 3.40. The average molecular weight is 430 g/mol. The molecular formula is C21H24ClN5O3. The Bertz CT molecular complexity index is 981. The molecule has 0 unspecified atom stereocenters. The highest BCUT2D eigenvalue weighted by molar-refractivity contribution is 6.31.